The van der Waals surface area contributed by atoms with Gasteiger partial charge in [-0.15, -0.1) is 0 Å². The maximum absolute atomic E-state index is 12.8. The molecule has 2 aromatic carbocycles. The van der Waals surface area contributed by atoms with E-state index in [4.69, 9.17) is 21.6 Å². The number of halogens is 1. The highest BCUT2D eigenvalue weighted by Gasteiger charge is 2.39. The summed E-state index contributed by atoms with van der Waals surface area (Å²) in [5.74, 6) is -0.106. The van der Waals surface area contributed by atoms with Crippen LogP contribution in [0, 0.1) is 0 Å². The third-order valence-corrected chi connectivity index (χ3v) is 6.92. The average molecular weight is 444 g/mol. The molecule has 30 heavy (non-hydrogen) atoms. The van der Waals surface area contributed by atoms with Gasteiger partial charge in [-0.25, -0.2) is 8.42 Å². The van der Waals surface area contributed by atoms with Crippen molar-refractivity contribution in [3.63, 3.8) is 0 Å². The van der Waals surface area contributed by atoms with Crippen molar-refractivity contribution in [1.29, 1.82) is 0 Å². The number of carbonyl (C=O) groups is 1. The predicted molar refractivity (Wildman–Crippen MR) is 119 cm³/mol. The number of rotatable bonds is 3. The third kappa shape index (κ3) is 4.04. The molecule has 1 saturated heterocycles. The van der Waals surface area contributed by atoms with E-state index in [1.54, 1.807) is 17.0 Å². The minimum absolute atomic E-state index is 0.106. The highest BCUT2D eigenvalue weighted by atomic mass is 35.5. The zero-order chi connectivity index (χ0) is 21.5. The molecule has 8 heteroatoms. The molecule has 1 spiro atoms. The molecule has 1 fully saturated rings. The topological polar surface area (TPSA) is 79.2 Å². The van der Waals surface area contributed by atoms with Gasteiger partial charge in [0.25, 0.3) is 5.91 Å². The van der Waals surface area contributed by atoms with Crippen LogP contribution in [0.4, 0.5) is 0 Å². The standard InChI is InChI=1S/C22H22ClN3O3S/c1-15-20(16-3-7-18(23)8-4-16)25-22(24-15)11-13-26(14-12-22)21(27)17-5-9-19(10-6-17)30(2,28)29/h3-10H,11-14H2,1-2H3. The SMILES string of the molecule is CC1=NC2(CCN(C(=O)c3ccc(S(C)(=O)=O)cc3)CC2)N=C1c1ccc(Cl)cc1. The first-order valence-electron chi connectivity index (χ1n) is 9.69. The van der Waals surface area contributed by atoms with E-state index < -0.39 is 15.5 Å². The Balaban J connectivity index is 1.47. The van der Waals surface area contributed by atoms with Crippen molar-refractivity contribution >= 4 is 38.8 Å². The summed E-state index contributed by atoms with van der Waals surface area (Å²) in [7, 11) is -3.28. The first kappa shape index (κ1) is 20.8. The van der Waals surface area contributed by atoms with Crippen LogP contribution in [0.3, 0.4) is 0 Å². The van der Waals surface area contributed by atoms with E-state index in [9.17, 15) is 13.2 Å². The number of benzene rings is 2. The highest BCUT2D eigenvalue weighted by Crippen LogP contribution is 2.34. The first-order valence-corrected chi connectivity index (χ1v) is 12.0. The van der Waals surface area contributed by atoms with Crippen LogP contribution in [0.5, 0.6) is 0 Å². The van der Waals surface area contributed by atoms with Gasteiger partial charge < -0.3 is 4.90 Å². The van der Waals surface area contributed by atoms with Gasteiger partial charge in [-0.1, -0.05) is 23.7 Å². The number of likely N-dealkylation sites (tertiary alicyclic amines) is 1. The normalized spacial score (nSPS) is 18.3. The fourth-order valence-corrected chi connectivity index (χ4v) is 4.64. The fourth-order valence-electron chi connectivity index (χ4n) is 3.88. The Morgan fingerprint density at radius 1 is 1.00 bits per heavy atom. The van der Waals surface area contributed by atoms with Gasteiger partial charge in [0.2, 0.25) is 0 Å². The van der Waals surface area contributed by atoms with E-state index in [0.29, 0.717) is 36.5 Å². The van der Waals surface area contributed by atoms with Gasteiger partial charge in [-0.05, 0) is 43.3 Å². The van der Waals surface area contributed by atoms with Crippen molar-refractivity contribution in [3.8, 4) is 0 Å². The van der Waals surface area contributed by atoms with Gasteiger partial charge in [-0.2, -0.15) is 0 Å². The molecular formula is C22H22ClN3O3S. The van der Waals surface area contributed by atoms with Crippen molar-refractivity contribution in [2.75, 3.05) is 19.3 Å². The predicted octanol–water partition coefficient (Wildman–Crippen LogP) is 3.64. The number of nitrogens with zero attached hydrogens (tertiary/aromatic N) is 3. The lowest BCUT2D eigenvalue weighted by atomic mass is 9.97. The Bertz CT molecular complexity index is 1150. The second kappa shape index (κ2) is 7.63. The van der Waals surface area contributed by atoms with E-state index in [0.717, 1.165) is 23.2 Å². The van der Waals surface area contributed by atoms with Crippen LogP contribution < -0.4 is 0 Å². The average Bonchev–Trinajstić information content (AvgIpc) is 3.04. The largest absolute Gasteiger partial charge is 0.338 e. The number of hydrogen-bond donors (Lipinski definition) is 0. The van der Waals surface area contributed by atoms with Crippen molar-refractivity contribution in [2.45, 2.75) is 30.3 Å². The van der Waals surface area contributed by atoms with E-state index in [2.05, 4.69) is 0 Å². The van der Waals surface area contributed by atoms with Gasteiger partial charge in [0.15, 0.2) is 15.5 Å². The monoisotopic (exact) mass is 443 g/mol. The molecule has 2 heterocycles. The molecule has 0 aromatic heterocycles. The Labute approximate surface area is 181 Å². The molecule has 0 saturated carbocycles. The fraction of sp³-hybridized carbons (Fsp3) is 0.318. The summed E-state index contributed by atoms with van der Waals surface area (Å²) in [4.78, 5) is 24.6. The van der Waals surface area contributed by atoms with E-state index in [-0.39, 0.29) is 10.8 Å². The van der Waals surface area contributed by atoms with Crippen LogP contribution >= 0.6 is 11.6 Å². The second-order valence-corrected chi connectivity index (χ2v) is 10.2. The summed E-state index contributed by atoms with van der Waals surface area (Å²) >= 11 is 5.99. The number of sulfone groups is 1. The molecule has 1 amide bonds. The summed E-state index contributed by atoms with van der Waals surface area (Å²) in [6.07, 6.45) is 2.44. The number of hydrogen-bond acceptors (Lipinski definition) is 5. The van der Waals surface area contributed by atoms with Crippen molar-refractivity contribution < 1.29 is 13.2 Å². The molecule has 0 radical (unpaired) electrons. The van der Waals surface area contributed by atoms with Gasteiger partial charge >= 0.3 is 0 Å². The minimum atomic E-state index is -3.28. The zero-order valence-corrected chi connectivity index (χ0v) is 18.4. The highest BCUT2D eigenvalue weighted by molar-refractivity contribution is 7.90. The lowest BCUT2D eigenvalue weighted by Gasteiger charge is -2.35. The molecule has 2 aromatic rings. The summed E-state index contributed by atoms with van der Waals surface area (Å²) < 4.78 is 23.2. The molecule has 0 N–H and O–H groups in total. The molecule has 4 rings (SSSR count). The van der Waals surface area contributed by atoms with Crippen LogP contribution in [0.15, 0.2) is 63.4 Å². The lowest BCUT2D eigenvalue weighted by molar-refractivity contribution is 0.0679. The summed E-state index contributed by atoms with van der Waals surface area (Å²) in [5.41, 5.74) is 2.73. The maximum atomic E-state index is 12.8. The minimum Gasteiger partial charge on any atom is -0.338 e. The van der Waals surface area contributed by atoms with E-state index >= 15 is 0 Å². The second-order valence-electron chi connectivity index (χ2n) is 7.74. The van der Waals surface area contributed by atoms with Crippen molar-refractivity contribution in [2.24, 2.45) is 9.98 Å². The number of carbonyl (C=O) groups excluding carboxylic acids is 1. The van der Waals surface area contributed by atoms with Crippen molar-refractivity contribution in [3.05, 3.63) is 64.7 Å². The number of piperidine rings is 1. The molecule has 0 bridgehead atoms. The summed E-state index contributed by atoms with van der Waals surface area (Å²) in [6, 6.07) is 13.6. The zero-order valence-electron chi connectivity index (χ0n) is 16.8. The Hall–Kier alpha value is -2.51. The van der Waals surface area contributed by atoms with Crippen molar-refractivity contribution in [1.82, 2.24) is 4.90 Å². The quantitative estimate of drug-likeness (QED) is 0.726. The summed E-state index contributed by atoms with van der Waals surface area (Å²) in [6.45, 7) is 3.05. The molecule has 2 aliphatic heterocycles. The van der Waals surface area contributed by atoms with Crippen LogP contribution in [0.1, 0.15) is 35.7 Å². The number of aliphatic imine (C=N–C) groups is 2. The van der Waals surface area contributed by atoms with Crippen LogP contribution in [-0.4, -0.2) is 55.7 Å². The molecule has 6 nitrogen and oxygen atoms in total. The molecular weight excluding hydrogens is 422 g/mol. The van der Waals surface area contributed by atoms with Crippen LogP contribution in [0.25, 0.3) is 0 Å². The Morgan fingerprint density at radius 3 is 2.17 bits per heavy atom. The molecule has 156 valence electrons. The van der Waals surface area contributed by atoms with Gasteiger partial charge in [0, 0.05) is 48.3 Å². The van der Waals surface area contributed by atoms with E-state index in [1.807, 2.05) is 31.2 Å². The first-order chi connectivity index (χ1) is 14.2. The molecule has 2 aliphatic rings. The van der Waals surface area contributed by atoms with Gasteiger partial charge in [0.05, 0.1) is 16.3 Å². The van der Waals surface area contributed by atoms with Gasteiger partial charge in [-0.3, -0.25) is 14.8 Å². The van der Waals surface area contributed by atoms with Crippen LogP contribution in [0.2, 0.25) is 5.02 Å². The van der Waals surface area contributed by atoms with E-state index in [1.165, 1.54) is 12.1 Å². The van der Waals surface area contributed by atoms with Gasteiger partial charge in [0.1, 0.15) is 0 Å². The molecule has 0 aliphatic carbocycles. The van der Waals surface area contributed by atoms with Crippen LogP contribution in [-0.2, 0) is 9.84 Å². The smallest absolute Gasteiger partial charge is 0.253 e. The Kier molecular flexibility index (Phi) is 5.28. The lowest BCUT2D eigenvalue weighted by Crippen LogP contribution is -2.44. The third-order valence-electron chi connectivity index (χ3n) is 5.54. The molecule has 0 unspecified atom stereocenters. The molecule has 0 atom stereocenters. The maximum Gasteiger partial charge on any atom is 0.253 e. The number of amides is 1. The Morgan fingerprint density at radius 2 is 1.60 bits per heavy atom. The summed E-state index contributed by atoms with van der Waals surface area (Å²) in [5, 5.41) is 0.679.